The van der Waals surface area contributed by atoms with Crippen LogP contribution in [0.25, 0.3) is 33.0 Å². The number of primary amides is 1. The Hall–Kier alpha value is -4.59. The van der Waals surface area contributed by atoms with Gasteiger partial charge in [0.2, 0.25) is 27.7 Å². The monoisotopic (exact) mass is 708 g/mol. The van der Waals surface area contributed by atoms with E-state index in [0.717, 1.165) is 25.7 Å². The van der Waals surface area contributed by atoms with E-state index < -0.39 is 50.9 Å². The molecule has 1 aliphatic heterocycles. The summed E-state index contributed by atoms with van der Waals surface area (Å²) in [6.07, 6.45) is 9.65. The highest BCUT2D eigenvalue weighted by Crippen LogP contribution is 2.42. The number of rotatable bonds is 14. The summed E-state index contributed by atoms with van der Waals surface area (Å²) in [6.45, 7) is 0.0966. The Morgan fingerprint density at radius 2 is 1.76 bits per heavy atom. The predicted molar refractivity (Wildman–Crippen MR) is 181 cm³/mol. The normalized spacial score (nSPS) is 22.2. The summed E-state index contributed by atoms with van der Waals surface area (Å²) < 4.78 is 67.0. The quantitative estimate of drug-likeness (QED) is 0.130. The summed E-state index contributed by atoms with van der Waals surface area (Å²) in [7, 11) is -3.52. The number of carbonyl (C=O) groups excluding carboxylic acids is 3. The molecule has 1 saturated heterocycles. The van der Waals surface area contributed by atoms with Crippen molar-refractivity contribution in [2.24, 2.45) is 17.6 Å². The Bertz CT molecular complexity index is 2130. The lowest BCUT2D eigenvalue weighted by molar-refractivity contribution is -0.137. The molecule has 2 aromatic carbocycles. The van der Waals surface area contributed by atoms with Crippen molar-refractivity contribution < 1.29 is 40.7 Å². The number of nitrogens with zero attached hydrogens (tertiary/aromatic N) is 2. The number of aromatic nitrogens is 1. The Labute approximate surface area is 287 Å². The van der Waals surface area contributed by atoms with Crippen LogP contribution in [-0.2, 0) is 24.4 Å². The number of benzene rings is 2. The molecule has 3 N–H and O–H groups in total. The molecule has 264 valence electrons. The van der Waals surface area contributed by atoms with Gasteiger partial charge in [-0.2, -0.15) is 0 Å². The van der Waals surface area contributed by atoms with Gasteiger partial charge in [0.25, 0.3) is 0 Å². The molecule has 3 aliphatic rings. The third-order valence-corrected chi connectivity index (χ3v) is 11.6. The van der Waals surface area contributed by atoms with Crippen molar-refractivity contribution in [1.29, 1.82) is 0 Å². The number of sulfonamides is 1. The number of halogens is 2. The first kappa shape index (κ1) is 33.9. The molecule has 0 radical (unpaired) electrons. The van der Waals surface area contributed by atoms with Gasteiger partial charge < -0.3 is 19.8 Å². The van der Waals surface area contributed by atoms with Crippen LogP contribution >= 0.6 is 0 Å². The first-order chi connectivity index (χ1) is 24.0. The molecule has 50 heavy (non-hydrogen) atoms. The van der Waals surface area contributed by atoms with Gasteiger partial charge >= 0.3 is 0 Å². The van der Waals surface area contributed by atoms with E-state index in [2.05, 4.69) is 9.71 Å². The second-order valence-corrected chi connectivity index (χ2v) is 15.5. The molecule has 14 heteroatoms. The largest absolute Gasteiger partial charge is 0.484 e. The zero-order valence-corrected chi connectivity index (χ0v) is 28.1. The first-order valence-corrected chi connectivity index (χ1v) is 18.6. The van der Waals surface area contributed by atoms with E-state index in [4.69, 9.17) is 14.9 Å². The van der Waals surface area contributed by atoms with E-state index in [1.165, 1.54) is 41.3 Å². The zero-order valence-electron chi connectivity index (χ0n) is 27.3. The van der Waals surface area contributed by atoms with Gasteiger partial charge in [-0.3, -0.25) is 19.1 Å². The highest BCUT2D eigenvalue weighted by Gasteiger charge is 2.45. The summed E-state index contributed by atoms with van der Waals surface area (Å²) in [4.78, 5) is 43.9. The van der Waals surface area contributed by atoms with E-state index in [9.17, 15) is 31.6 Å². The number of pyridine rings is 1. The molecule has 0 bridgehead atoms. The summed E-state index contributed by atoms with van der Waals surface area (Å²) in [5.41, 5.74) is 7.05. The second-order valence-electron chi connectivity index (χ2n) is 13.6. The number of nitrogens with two attached hydrogens (primary N) is 1. The smallest absolute Gasteiger partial charge is 0.240 e. The van der Waals surface area contributed by atoms with Crippen LogP contribution in [0.4, 0.5) is 8.78 Å². The molecule has 0 unspecified atom stereocenters. The number of fused-ring (bicyclic) bond motifs is 4. The van der Waals surface area contributed by atoms with Crippen LogP contribution < -0.4 is 15.2 Å². The van der Waals surface area contributed by atoms with Gasteiger partial charge in [-0.25, -0.2) is 22.2 Å². The maximum absolute atomic E-state index is 14.4. The molecule has 4 aromatic rings. The van der Waals surface area contributed by atoms with Crippen molar-refractivity contribution in [3.05, 3.63) is 60.2 Å². The molecule has 7 rings (SSSR count). The first-order valence-electron chi connectivity index (χ1n) is 17.1. The third-order valence-electron chi connectivity index (χ3n) is 9.74. The van der Waals surface area contributed by atoms with Crippen molar-refractivity contribution in [3.8, 4) is 5.75 Å². The Morgan fingerprint density at radius 3 is 2.52 bits per heavy atom. The molecule has 4 atom stereocenters. The molecule has 11 nitrogen and oxygen atoms in total. The number of hydrogen-bond acceptors (Lipinski definition) is 8. The van der Waals surface area contributed by atoms with Crippen LogP contribution in [0.15, 0.2) is 53.0 Å². The molecule has 3 fully saturated rings. The molecular formula is C36H38F2N4O7S. The van der Waals surface area contributed by atoms with Crippen LogP contribution in [-0.4, -0.2) is 60.0 Å². The minimum atomic E-state index is -3.52. The van der Waals surface area contributed by atoms with Crippen molar-refractivity contribution in [2.45, 2.75) is 81.6 Å². The fraction of sp³-hybridized carbons (Fsp3) is 0.444. The summed E-state index contributed by atoms with van der Waals surface area (Å²) in [5, 5.41) is 0.358. The summed E-state index contributed by atoms with van der Waals surface area (Å²) >= 11 is 0. The van der Waals surface area contributed by atoms with Crippen molar-refractivity contribution in [1.82, 2.24) is 14.6 Å². The SMILES string of the molecule is NC(=O)[C@@H]1C[C@@H](Oc2c3cc(F)ccc3nc3c2oc2ccc(F)cc23)CN1C(=O)CCCCCC/C=C\[C@@H]1C[C@@H]1C(=O)NS(=O)(=O)C1CC1. The van der Waals surface area contributed by atoms with Gasteiger partial charge in [0.1, 0.15) is 34.9 Å². The Balaban J connectivity index is 0.914. The maximum Gasteiger partial charge on any atom is 0.240 e. The lowest BCUT2D eigenvalue weighted by Crippen LogP contribution is -2.43. The molecular weight excluding hydrogens is 670 g/mol. The maximum atomic E-state index is 14.4. The molecule has 3 amide bonds. The molecule has 0 spiro atoms. The van der Waals surface area contributed by atoms with Crippen LogP contribution in [0.2, 0.25) is 0 Å². The minimum absolute atomic E-state index is 0.0706. The van der Waals surface area contributed by atoms with Crippen LogP contribution in [0, 0.1) is 23.5 Å². The number of unbranched alkanes of at least 4 members (excludes halogenated alkanes) is 4. The lowest BCUT2D eigenvalue weighted by atomic mass is 10.1. The topological polar surface area (TPSA) is 162 Å². The highest BCUT2D eigenvalue weighted by atomic mass is 32.2. The van der Waals surface area contributed by atoms with Crippen LogP contribution in [0.3, 0.4) is 0 Å². The Morgan fingerprint density at radius 1 is 1.02 bits per heavy atom. The van der Waals surface area contributed by atoms with Crippen LogP contribution in [0.5, 0.6) is 5.75 Å². The second kappa shape index (κ2) is 13.6. The average molecular weight is 709 g/mol. The van der Waals surface area contributed by atoms with E-state index in [0.29, 0.717) is 53.1 Å². The number of hydrogen-bond donors (Lipinski definition) is 2. The predicted octanol–water partition coefficient (Wildman–Crippen LogP) is 5.39. The Kier molecular flexibility index (Phi) is 9.22. The van der Waals surface area contributed by atoms with E-state index in [1.54, 1.807) is 0 Å². The van der Waals surface area contributed by atoms with Gasteiger partial charge in [0.05, 0.1) is 17.3 Å². The minimum Gasteiger partial charge on any atom is -0.484 e. The highest BCUT2D eigenvalue weighted by molar-refractivity contribution is 7.90. The molecule has 2 saturated carbocycles. The van der Waals surface area contributed by atoms with Gasteiger partial charge in [-0.05, 0) is 80.8 Å². The van der Waals surface area contributed by atoms with Gasteiger partial charge in [-0.15, -0.1) is 0 Å². The molecule has 2 aliphatic carbocycles. The summed E-state index contributed by atoms with van der Waals surface area (Å²) in [6, 6.07) is 7.22. The number of ether oxygens (including phenoxy) is 1. The number of amides is 3. The van der Waals surface area contributed by atoms with E-state index in [1.807, 2.05) is 12.2 Å². The number of allylic oxidation sites excluding steroid dienone is 2. The molecule has 3 heterocycles. The van der Waals surface area contributed by atoms with Crippen molar-refractivity contribution in [2.75, 3.05) is 6.54 Å². The van der Waals surface area contributed by atoms with Gasteiger partial charge in [0.15, 0.2) is 11.3 Å². The number of nitrogens with one attached hydrogen (secondary N) is 1. The van der Waals surface area contributed by atoms with Gasteiger partial charge in [-0.1, -0.05) is 25.0 Å². The number of likely N-dealkylation sites (tertiary alicyclic amines) is 1. The third kappa shape index (κ3) is 7.16. The number of furan rings is 1. The summed E-state index contributed by atoms with van der Waals surface area (Å²) in [5.74, 6) is -2.27. The fourth-order valence-corrected chi connectivity index (χ4v) is 8.13. The zero-order chi connectivity index (χ0) is 35.2. The standard InChI is InChI=1S/C36H38F2N4O7S/c37-21-9-13-28-26(16-21)33(34-32(40-28)27-17-22(38)10-14-30(27)49-34)48-23-18-29(35(39)44)42(19-23)31(43)8-6-4-2-1-3-5-7-20-15-25(20)36(45)41-50(46,47)24-11-12-24/h5,7,9-10,13-14,16-17,20,23-25,29H,1-4,6,8,11-12,15,18-19H2,(H2,39,44)(H,41,45)/b7-5-/t20-,23-,25+,29+/m1/s1. The van der Waals surface area contributed by atoms with Crippen molar-refractivity contribution in [3.63, 3.8) is 0 Å². The fourth-order valence-electron chi connectivity index (χ4n) is 6.78. The molecule has 2 aromatic heterocycles. The van der Waals surface area contributed by atoms with Crippen LogP contribution in [0.1, 0.15) is 64.2 Å². The number of carbonyl (C=O) groups is 3. The van der Waals surface area contributed by atoms with E-state index >= 15 is 0 Å². The van der Waals surface area contributed by atoms with Crippen molar-refractivity contribution >= 4 is 60.7 Å². The van der Waals surface area contributed by atoms with Gasteiger partial charge in [0, 0.05) is 29.5 Å². The lowest BCUT2D eigenvalue weighted by Gasteiger charge is -2.22. The average Bonchev–Trinajstić information content (AvgIpc) is 4.00. The van der Waals surface area contributed by atoms with E-state index in [-0.39, 0.29) is 48.5 Å².